The van der Waals surface area contributed by atoms with Crippen molar-refractivity contribution in [2.75, 3.05) is 19.6 Å². The Kier molecular flexibility index (Phi) is 3.33. The third-order valence-corrected chi connectivity index (χ3v) is 2.81. The van der Waals surface area contributed by atoms with E-state index >= 15 is 0 Å². The molecule has 1 saturated heterocycles. The predicted octanol–water partition coefficient (Wildman–Crippen LogP) is 2.68. The average Bonchev–Trinajstić information content (AvgIpc) is 2.03. The van der Waals surface area contributed by atoms with Crippen molar-refractivity contribution in [2.45, 2.75) is 33.6 Å². The maximum absolute atomic E-state index is 2.53. The van der Waals surface area contributed by atoms with E-state index in [1.807, 2.05) is 0 Å². The average molecular weight is 167 g/mol. The maximum Gasteiger partial charge on any atom is 0.0163 e. The molecular weight excluding hydrogens is 146 g/mol. The molecule has 0 spiro atoms. The van der Waals surface area contributed by atoms with Gasteiger partial charge < -0.3 is 0 Å². The van der Waals surface area contributed by atoms with E-state index in [0.717, 1.165) is 6.54 Å². The van der Waals surface area contributed by atoms with E-state index in [-0.39, 0.29) is 0 Å². The van der Waals surface area contributed by atoms with Gasteiger partial charge in [-0.15, -0.1) is 0 Å². The second-order valence-corrected chi connectivity index (χ2v) is 4.53. The Hall–Kier alpha value is -0.300. The second-order valence-electron chi connectivity index (χ2n) is 4.53. The van der Waals surface area contributed by atoms with Crippen LogP contribution in [0, 0.1) is 5.41 Å². The molecule has 1 aliphatic heterocycles. The van der Waals surface area contributed by atoms with Crippen molar-refractivity contribution >= 4 is 0 Å². The van der Waals surface area contributed by atoms with E-state index in [4.69, 9.17) is 0 Å². The van der Waals surface area contributed by atoms with Crippen LogP contribution in [0.4, 0.5) is 0 Å². The molecule has 0 aromatic carbocycles. The summed E-state index contributed by atoms with van der Waals surface area (Å²) < 4.78 is 0. The summed E-state index contributed by atoms with van der Waals surface area (Å²) in [7, 11) is 0. The van der Waals surface area contributed by atoms with Crippen molar-refractivity contribution in [1.82, 2.24) is 4.90 Å². The molecule has 1 heterocycles. The Morgan fingerprint density at radius 3 is 2.33 bits per heavy atom. The molecule has 1 fully saturated rings. The largest absolute Gasteiger partial charge is 0.300 e. The standard InChI is InChI=1S/C11H21N/c1-4-5-8-12-9-6-11(2,3)7-10-12/h4-5H,6-10H2,1-3H3/b5-4+. The van der Waals surface area contributed by atoms with Gasteiger partial charge in [0.25, 0.3) is 0 Å². The third-order valence-electron chi connectivity index (χ3n) is 2.81. The summed E-state index contributed by atoms with van der Waals surface area (Å²) in [6.07, 6.45) is 7.09. The molecule has 0 aromatic heterocycles. The van der Waals surface area contributed by atoms with Gasteiger partial charge in [-0.1, -0.05) is 26.0 Å². The first-order valence-corrected chi connectivity index (χ1v) is 4.97. The Labute approximate surface area is 76.5 Å². The lowest BCUT2D eigenvalue weighted by Gasteiger charge is -2.36. The highest BCUT2D eigenvalue weighted by molar-refractivity contribution is 4.85. The lowest BCUT2D eigenvalue weighted by Crippen LogP contribution is -2.37. The van der Waals surface area contributed by atoms with Crippen LogP contribution < -0.4 is 0 Å². The Bertz CT molecular complexity index is 148. The van der Waals surface area contributed by atoms with Crippen molar-refractivity contribution in [2.24, 2.45) is 5.41 Å². The summed E-state index contributed by atoms with van der Waals surface area (Å²) >= 11 is 0. The van der Waals surface area contributed by atoms with Crippen molar-refractivity contribution in [1.29, 1.82) is 0 Å². The first kappa shape index (κ1) is 9.79. The quantitative estimate of drug-likeness (QED) is 0.572. The fourth-order valence-electron chi connectivity index (χ4n) is 1.60. The van der Waals surface area contributed by atoms with Crippen molar-refractivity contribution < 1.29 is 0 Å². The van der Waals surface area contributed by atoms with Crippen LogP contribution in [0.5, 0.6) is 0 Å². The molecule has 0 bridgehead atoms. The first-order chi connectivity index (χ1) is 5.64. The molecule has 0 aliphatic carbocycles. The van der Waals surface area contributed by atoms with Gasteiger partial charge in [-0.05, 0) is 38.3 Å². The molecule has 1 heteroatoms. The Morgan fingerprint density at radius 1 is 1.25 bits per heavy atom. The Morgan fingerprint density at radius 2 is 1.83 bits per heavy atom. The molecule has 70 valence electrons. The Balaban J connectivity index is 2.26. The molecular formula is C11H21N. The highest BCUT2D eigenvalue weighted by atomic mass is 15.1. The number of hydrogen-bond donors (Lipinski definition) is 0. The zero-order valence-electron chi connectivity index (χ0n) is 8.64. The highest BCUT2D eigenvalue weighted by Gasteiger charge is 2.24. The van der Waals surface area contributed by atoms with E-state index in [1.165, 1.54) is 25.9 Å². The van der Waals surface area contributed by atoms with Crippen molar-refractivity contribution in [3.63, 3.8) is 0 Å². The lowest BCUT2D eigenvalue weighted by molar-refractivity contribution is 0.144. The lowest BCUT2D eigenvalue weighted by atomic mass is 9.83. The maximum atomic E-state index is 2.53. The number of rotatable bonds is 2. The van der Waals surface area contributed by atoms with Gasteiger partial charge in [-0.2, -0.15) is 0 Å². The van der Waals surface area contributed by atoms with Gasteiger partial charge in [0.05, 0.1) is 0 Å². The van der Waals surface area contributed by atoms with Crippen LogP contribution >= 0.6 is 0 Å². The van der Waals surface area contributed by atoms with Crippen LogP contribution in [0.15, 0.2) is 12.2 Å². The first-order valence-electron chi connectivity index (χ1n) is 4.97. The van der Waals surface area contributed by atoms with Crippen LogP contribution in [-0.2, 0) is 0 Å². The minimum absolute atomic E-state index is 0.590. The van der Waals surface area contributed by atoms with E-state index < -0.39 is 0 Å². The monoisotopic (exact) mass is 167 g/mol. The summed E-state index contributed by atoms with van der Waals surface area (Å²) in [4.78, 5) is 2.53. The van der Waals surface area contributed by atoms with Crippen LogP contribution in [0.3, 0.4) is 0 Å². The fourth-order valence-corrected chi connectivity index (χ4v) is 1.60. The number of piperidine rings is 1. The smallest absolute Gasteiger partial charge is 0.0163 e. The molecule has 0 N–H and O–H groups in total. The molecule has 0 atom stereocenters. The minimum atomic E-state index is 0.590. The molecule has 1 aliphatic rings. The highest BCUT2D eigenvalue weighted by Crippen LogP contribution is 2.29. The van der Waals surface area contributed by atoms with Gasteiger partial charge in [-0.3, -0.25) is 4.90 Å². The third kappa shape index (κ3) is 2.98. The molecule has 0 aromatic rings. The van der Waals surface area contributed by atoms with Gasteiger partial charge in [-0.25, -0.2) is 0 Å². The number of allylic oxidation sites excluding steroid dienone is 1. The molecule has 1 nitrogen and oxygen atoms in total. The number of hydrogen-bond acceptors (Lipinski definition) is 1. The normalized spacial score (nSPS) is 24.9. The molecule has 0 saturated carbocycles. The van der Waals surface area contributed by atoms with Crippen molar-refractivity contribution in [3.05, 3.63) is 12.2 Å². The molecule has 0 radical (unpaired) electrons. The molecule has 1 rings (SSSR count). The summed E-state index contributed by atoms with van der Waals surface area (Å²) in [5, 5.41) is 0. The number of likely N-dealkylation sites (tertiary alicyclic amines) is 1. The summed E-state index contributed by atoms with van der Waals surface area (Å²) in [6.45, 7) is 10.5. The van der Waals surface area contributed by atoms with Crippen molar-refractivity contribution in [3.8, 4) is 0 Å². The van der Waals surface area contributed by atoms with Gasteiger partial charge in [0.1, 0.15) is 0 Å². The molecule has 0 unspecified atom stereocenters. The minimum Gasteiger partial charge on any atom is -0.300 e. The molecule has 0 amide bonds. The van der Waals surface area contributed by atoms with Gasteiger partial charge in [0, 0.05) is 6.54 Å². The summed E-state index contributed by atoms with van der Waals surface area (Å²) in [5.41, 5.74) is 0.590. The zero-order valence-corrected chi connectivity index (χ0v) is 8.64. The summed E-state index contributed by atoms with van der Waals surface area (Å²) in [6, 6.07) is 0. The van der Waals surface area contributed by atoms with E-state index in [2.05, 4.69) is 37.8 Å². The summed E-state index contributed by atoms with van der Waals surface area (Å²) in [5.74, 6) is 0. The van der Waals surface area contributed by atoms with Crippen LogP contribution in [0.1, 0.15) is 33.6 Å². The second kappa shape index (κ2) is 4.08. The van der Waals surface area contributed by atoms with Crippen LogP contribution in [0.25, 0.3) is 0 Å². The topological polar surface area (TPSA) is 3.24 Å². The van der Waals surface area contributed by atoms with E-state index in [9.17, 15) is 0 Å². The molecule has 12 heavy (non-hydrogen) atoms. The fraction of sp³-hybridized carbons (Fsp3) is 0.818. The van der Waals surface area contributed by atoms with Gasteiger partial charge in [0.15, 0.2) is 0 Å². The van der Waals surface area contributed by atoms with E-state index in [1.54, 1.807) is 0 Å². The van der Waals surface area contributed by atoms with Crippen LogP contribution in [-0.4, -0.2) is 24.5 Å². The van der Waals surface area contributed by atoms with Crippen LogP contribution in [0.2, 0.25) is 0 Å². The van der Waals surface area contributed by atoms with Gasteiger partial charge >= 0.3 is 0 Å². The number of nitrogens with zero attached hydrogens (tertiary/aromatic N) is 1. The van der Waals surface area contributed by atoms with Gasteiger partial charge in [0.2, 0.25) is 0 Å². The van der Waals surface area contributed by atoms with E-state index in [0.29, 0.717) is 5.41 Å². The zero-order chi connectivity index (χ0) is 9.03. The SMILES string of the molecule is C/C=C/CN1CCC(C)(C)CC1. The predicted molar refractivity (Wildman–Crippen MR) is 54.3 cm³/mol.